The van der Waals surface area contributed by atoms with Gasteiger partial charge < -0.3 is 10.2 Å². The number of allylic oxidation sites excluding steroid dienone is 5. The Kier molecular flexibility index (Phi) is 7.65. The van der Waals surface area contributed by atoms with Crippen molar-refractivity contribution >= 4 is 11.9 Å². The van der Waals surface area contributed by atoms with Gasteiger partial charge >= 0.3 is 11.9 Å². The van der Waals surface area contributed by atoms with E-state index in [-0.39, 0.29) is 11.8 Å². The van der Waals surface area contributed by atoms with E-state index in [2.05, 4.69) is 26.8 Å². The van der Waals surface area contributed by atoms with Crippen molar-refractivity contribution in [2.24, 2.45) is 23.2 Å². The van der Waals surface area contributed by atoms with Crippen LogP contribution in [-0.4, -0.2) is 22.2 Å². The van der Waals surface area contributed by atoms with Crippen LogP contribution in [-0.2, 0) is 9.59 Å². The van der Waals surface area contributed by atoms with Gasteiger partial charge in [0.2, 0.25) is 0 Å². The third-order valence-electron chi connectivity index (χ3n) is 4.80. The highest BCUT2D eigenvalue weighted by Crippen LogP contribution is 2.50. The van der Waals surface area contributed by atoms with Gasteiger partial charge in [-0.25, -0.2) is 9.59 Å². The maximum atomic E-state index is 11.8. The molecule has 2 N–H and O–H groups in total. The summed E-state index contributed by atoms with van der Waals surface area (Å²) in [6.45, 7) is 10.4. The van der Waals surface area contributed by atoms with E-state index in [4.69, 9.17) is 0 Å². The lowest BCUT2D eigenvalue weighted by atomic mass is 9.60. The van der Waals surface area contributed by atoms with Crippen molar-refractivity contribution in [2.75, 3.05) is 0 Å². The molecule has 0 saturated heterocycles. The zero-order chi connectivity index (χ0) is 19.2. The average molecular weight is 348 g/mol. The highest BCUT2D eigenvalue weighted by atomic mass is 16.4. The van der Waals surface area contributed by atoms with Crippen molar-refractivity contribution in [3.05, 3.63) is 35.5 Å². The molecule has 0 saturated carbocycles. The number of carboxylic acid groups (broad SMARTS) is 2. The largest absolute Gasteiger partial charge is 0.477 e. The molecule has 2 unspecified atom stereocenters. The van der Waals surface area contributed by atoms with Gasteiger partial charge in [0, 0.05) is 5.41 Å². The van der Waals surface area contributed by atoms with Gasteiger partial charge in [-0.1, -0.05) is 65.3 Å². The smallest absolute Gasteiger partial charge is 0.343 e. The molecule has 4 heteroatoms. The van der Waals surface area contributed by atoms with E-state index >= 15 is 0 Å². The molecule has 0 aliphatic heterocycles. The van der Waals surface area contributed by atoms with Crippen molar-refractivity contribution in [3.8, 4) is 0 Å². The fourth-order valence-corrected chi connectivity index (χ4v) is 3.96. The Hall–Kier alpha value is -1.84. The van der Waals surface area contributed by atoms with Gasteiger partial charge in [0.05, 0.1) is 0 Å². The van der Waals surface area contributed by atoms with Crippen molar-refractivity contribution in [1.82, 2.24) is 0 Å². The minimum Gasteiger partial charge on any atom is -0.477 e. The lowest BCUT2D eigenvalue weighted by Gasteiger charge is -2.43. The predicted octanol–water partition coefficient (Wildman–Crippen LogP) is 5.07. The van der Waals surface area contributed by atoms with Crippen LogP contribution in [0.15, 0.2) is 35.5 Å². The summed E-state index contributed by atoms with van der Waals surface area (Å²) in [6, 6.07) is 0. The topological polar surface area (TPSA) is 74.6 Å². The van der Waals surface area contributed by atoms with Crippen LogP contribution in [0.3, 0.4) is 0 Å². The van der Waals surface area contributed by atoms with E-state index in [1.165, 1.54) is 0 Å². The van der Waals surface area contributed by atoms with Crippen molar-refractivity contribution in [3.63, 3.8) is 0 Å². The van der Waals surface area contributed by atoms with E-state index in [1.807, 2.05) is 32.1 Å². The number of hydrogen-bond donors (Lipinski definition) is 2. The molecule has 0 aromatic rings. The number of hydrogen-bond acceptors (Lipinski definition) is 2. The van der Waals surface area contributed by atoms with Crippen LogP contribution in [0.2, 0.25) is 0 Å². The second kappa shape index (κ2) is 9.02. The van der Waals surface area contributed by atoms with Crippen LogP contribution >= 0.6 is 0 Å². The van der Waals surface area contributed by atoms with E-state index in [0.29, 0.717) is 17.9 Å². The first-order chi connectivity index (χ1) is 11.7. The van der Waals surface area contributed by atoms with Crippen LogP contribution in [0.25, 0.3) is 0 Å². The molecule has 0 spiro atoms. The summed E-state index contributed by atoms with van der Waals surface area (Å²) >= 11 is 0. The highest BCUT2D eigenvalue weighted by Gasteiger charge is 2.43. The number of rotatable bonds is 9. The molecule has 25 heavy (non-hydrogen) atoms. The SMILES string of the molecule is CCCC1(C(CC(C)C)=C(C(=O)O)C(=O)O)C=CC=CC1CC(C)C. The number of carbonyl (C=O) groups is 2. The summed E-state index contributed by atoms with van der Waals surface area (Å²) in [4.78, 5) is 23.6. The Bertz CT molecular complexity index is 565. The zero-order valence-electron chi connectivity index (χ0n) is 16.1. The van der Waals surface area contributed by atoms with Crippen molar-refractivity contribution in [2.45, 2.75) is 60.3 Å². The number of carboxylic acids is 2. The van der Waals surface area contributed by atoms with Gasteiger partial charge in [-0.3, -0.25) is 0 Å². The molecule has 0 bridgehead atoms. The molecule has 1 aliphatic rings. The van der Waals surface area contributed by atoms with Gasteiger partial charge in [-0.05, 0) is 42.6 Å². The van der Waals surface area contributed by atoms with Gasteiger partial charge in [-0.15, -0.1) is 0 Å². The summed E-state index contributed by atoms with van der Waals surface area (Å²) in [5.74, 6) is -1.96. The maximum absolute atomic E-state index is 11.8. The molecule has 4 nitrogen and oxygen atoms in total. The second-order valence-corrected chi connectivity index (χ2v) is 7.83. The van der Waals surface area contributed by atoms with E-state index in [1.54, 1.807) is 0 Å². The third kappa shape index (κ3) is 5.07. The molecule has 1 aliphatic carbocycles. The molecule has 0 aromatic heterocycles. The van der Waals surface area contributed by atoms with E-state index < -0.39 is 22.9 Å². The Morgan fingerprint density at radius 1 is 1.04 bits per heavy atom. The standard InChI is InChI=1S/C21H32O4/c1-6-10-21(11-8-7-9-16(21)12-14(2)3)17(13-15(4)5)18(19(22)23)20(24)25/h7-9,11,14-16H,6,10,12-13H2,1-5H3,(H,22,23)(H,24,25). The molecule has 0 heterocycles. The van der Waals surface area contributed by atoms with Crippen molar-refractivity contribution < 1.29 is 19.8 Å². The summed E-state index contributed by atoms with van der Waals surface area (Å²) in [7, 11) is 0. The summed E-state index contributed by atoms with van der Waals surface area (Å²) in [6.07, 6.45) is 11.1. The number of aliphatic carboxylic acids is 2. The first kappa shape index (κ1) is 21.2. The molecule has 1 rings (SSSR count). The minimum atomic E-state index is -1.34. The van der Waals surface area contributed by atoms with Gasteiger partial charge in [0.25, 0.3) is 0 Å². The molecular formula is C21H32O4. The average Bonchev–Trinajstić information content (AvgIpc) is 2.47. The molecule has 0 amide bonds. The Morgan fingerprint density at radius 2 is 1.64 bits per heavy atom. The van der Waals surface area contributed by atoms with Crippen LogP contribution in [0.5, 0.6) is 0 Å². The Balaban J connectivity index is 3.69. The Labute approximate surface area is 151 Å². The fourth-order valence-electron chi connectivity index (χ4n) is 3.96. The van der Waals surface area contributed by atoms with E-state index in [9.17, 15) is 19.8 Å². The third-order valence-corrected chi connectivity index (χ3v) is 4.80. The molecular weight excluding hydrogens is 316 g/mol. The summed E-state index contributed by atoms with van der Waals surface area (Å²) in [5.41, 5.74) is -0.420. The zero-order valence-corrected chi connectivity index (χ0v) is 16.1. The van der Waals surface area contributed by atoms with Crippen LogP contribution in [0.1, 0.15) is 60.3 Å². The van der Waals surface area contributed by atoms with E-state index in [0.717, 1.165) is 19.3 Å². The summed E-state index contributed by atoms with van der Waals surface area (Å²) in [5, 5.41) is 19.3. The second-order valence-electron chi connectivity index (χ2n) is 7.83. The first-order valence-corrected chi connectivity index (χ1v) is 9.21. The predicted molar refractivity (Wildman–Crippen MR) is 100 cm³/mol. The van der Waals surface area contributed by atoms with Gasteiger partial charge in [0.15, 0.2) is 0 Å². The lowest BCUT2D eigenvalue weighted by Crippen LogP contribution is -2.35. The van der Waals surface area contributed by atoms with Crippen LogP contribution in [0.4, 0.5) is 0 Å². The lowest BCUT2D eigenvalue weighted by molar-refractivity contribution is -0.140. The van der Waals surface area contributed by atoms with Crippen LogP contribution < -0.4 is 0 Å². The quantitative estimate of drug-likeness (QED) is 0.346. The highest BCUT2D eigenvalue weighted by molar-refractivity contribution is 6.13. The minimum absolute atomic E-state index is 0.111. The molecule has 0 aromatic carbocycles. The first-order valence-electron chi connectivity index (χ1n) is 9.21. The molecule has 0 fully saturated rings. The monoisotopic (exact) mass is 348 g/mol. The molecule has 2 atom stereocenters. The van der Waals surface area contributed by atoms with Gasteiger partial charge in [-0.2, -0.15) is 0 Å². The molecule has 0 radical (unpaired) electrons. The maximum Gasteiger partial charge on any atom is 0.343 e. The Morgan fingerprint density at radius 3 is 2.08 bits per heavy atom. The summed E-state index contributed by atoms with van der Waals surface area (Å²) < 4.78 is 0. The van der Waals surface area contributed by atoms with Crippen molar-refractivity contribution in [1.29, 1.82) is 0 Å². The van der Waals surface area contributed by atoms with Gasteiger partial charge in [0.1, 0.15) is 5.57 Å². The fraction of sp³-hybridized carbons (Fsp3) is 0.619. The van der Waals surface area contributed by atoms with Crippen LogP contribution in [0, 0.1) is 23.2 Å². The molecule has 140 valence electrons. The normalized spacial score (nSPS) is 22.4.